The molecule has 0 aliphatic carbocycles. The molecule has 3 aromatic heterocycles. The Bertz CT molecular complexity index is 1260. The minimum Gasteiger partial charge on any atom is -0.346 e. The molecule has 4 aromatic rings. The zero-order valence-electron chi connectivity index (χ0n) is 16.9. The average Bonchev–Trinajstić information content (AvgIpc) is 3.57. The van der Waals surface area contributed by atoms with Crippen LogP contribution in [-0.2, 0) is 6.54 Å². The van der Waals surface area contributed by atoms with Gasteiger partial charge in [-0.1, -0.05) is 29.8 Å². The van der Waals surface area contributed by atoms with Crippen molar-refractivity contribution >= 4 is 63.1 Å². The quantitative estimate of drug-likeness (QED) is 0.232. The SMILES string of the molecule is CC(=NNC(=O)c1ccc(C(=O)NCc2cccs2)s1)c1csc(-c2ccc(Cl)cc2)c1. The van der Waals surface area contributed by atoms with E-state index in [-0.39, 0.29) is 11.8 Å². The first-order valence-electron chi connectivity index (χ1n) is 9.59. The fourth-order valence-corrected chi connectivity index (χ4v) is 5.34. The fourth-order valence-electron chi connectivity index (χ4n) is 2.80. The largest absolute Gasteiger partial charge is 0.346 e. The highest BCUT2D eigenvalue weighted by Gasteiger charge is 2.14. The van der Waals surface area contributed by atoms with Gasteiger partial charge in [-0.25, -0.2) is 5.43 Å². The molecule has 3 heterocycles. The second kappa shape index (κ2) is 10.2. The average molecular weight is 500 g/mol. The van der Waals surface area contributed by atoms with E-state index >= 15 is 0 Å². The number of carbonyl (C=O) groups excluding carboxylic acids is 2. The zero-order valence-corrected chi connectivity index (χ0v) is 20.1. The molecule has 0 aliphatic heterocycles. The Morgan fingerprint density at radius 1 is 1.00 bits per heavy atom. The first kappa shape index (κ1) is 22.4. The minimum atomic E-state index is -0.347. The Hall–Kier alpha value is -2.78. The second-order valence-corrected chi connectivity index (χ2v) is 10.2. The van der Waals surface area contributed by atoms with Crippen LogP contribution in [0.2, 0.25) is 5.02 Å². The number of nitrogens with zero attached hydrogens (tertiary/aromatic N) is 1. The summed E-state index contributed by atoms with van der Waals surface area (Å²) in [4.78, 5) is 27.9. The van der Waals surface area contributed by atoms with Crippen LogP contribution in [-0.4, -0.2) is 17.5 Å². The van der Waals surface area contributed by atoms with Crippen molar-refractivity contribution < 1.29 is 9.59 Å². The number of hydrogen-bond acceptors (Lipinski definition) is 6. The summed E-state index contributed by atoms with van der Waals surface area (Å²) >= 11 is 10.3. The maximum atomic E-state index is 12.5. The van der Waals surface area contributed by atoms with E-state index in [1.807, 2.05) is 60.1 Å². The van der Waals surface area contributed by atoms with Crippen LogP contribution in [0.1, 0.15) is 36.7 Å². The number of nitrogens with one attached hydrogen (secondary N) is 2. The Labute approximate surface area is 202 Å². The van der Waals surface area contributed by atoms with Gasteiger partial charge in [0.1, 0.15) is 0 Å². The van der Waals surface area contributed by atoms with Crippen molar-refractivity contribution in [2.75, 3.05) is 0 Å². The number of thiophene rings is 3. The molecule has 9 heteroatoms. The van der Waals surface area contributed by atoms with Crippen LogP contribution in [0.25, 0.3) is 10.4 Å². The highest BCUT2D eigenvalue weighted by atomic mass is 35.5. The molecule has 0 aliphatic rings. The van der Waals surface area contributed by atoms with E-state index in [4.69, 9.17) is 11.6 Å². The van der Waals surface area contributed by atoms with Gasteiger partial charge in [0.05, 0.1) is 22.0 Å². The number of rotatable bonds is 7. The van der Waals surface area contributed by atoms with Gasteiger partial charge in [-0.15, -0.1) is 34.0 Å². The molecular formula is C23H18ClN3O2S3. The molecule has 0 unspecified atom stereocenters. The molecule has 0 bridgehead atoms. The van der Waals surface area contributed by atoms with Crippen molar-refractivity contribution in [1.29, 1.82) is 0 Å². The topological polar surface area (TPSA) is 70.6 Å². The van der Waals surface area contributed by atoms with Crippen LogP contribution in [0.4, 0.5) is 0 Å². The van der Waals surface area contributed by atoms with Crippen molar-refractivity contribution in [3.8, 4) is 10.4 Å². The summed E-state index contributed by atoms with van der Waals surface area (Å²) in [5.74, 6) is -0.546. The predicted molar refractivity (Wildman–Crippen MR) is 134 cm³/mol. The standard InChI is InChI=1S/C23H18ClN3O2S3/c1-14(16-11-21(31-13-16)15-4-6-17(24)7-5-15)26-27-23(29)20-9-8-19(32-20)22(28)25-12-18-3-2-10-30-18/h2-11,13H,12H2,1H3,(H,25,28)(H,27,29). The predicted octanol–water partition coefficient (Wildman–Crippen LogP) is 6.28. The number of hydrazone groups is 1. The smallest absolute Gasteiger partial charge is 0.281 e. The van der Waals surface area contributed by atoms with Gasteiger partial charge in [0, 0.05) is 25.7 Å². The van der Waals surface area contributed by atoms with Gasteiger partial charge >= 0.3 is 0 Å². The van der Waals surface area contributed by atoms with Crippen molar-refractivity contribution in [1.82, 2.24) is 10.7 Å². The highest BCUT2D eigenvalue weighted by Crippen LogP contribution is 2.28. The normalized spacial score (nSPS) is 11.4. The number of halogens is 1. The van der Waals surface area contributed by atoms with Crippen LogP contribution < -0.4 is 10.7 Å². The lowest BCUT2D eigenvalue weighted by Gasteiger charge is -2.01. The fraction of sp³-hybridized carbons (Fsp3) is 0.0870. The first-order chi connectivity index (χ1) is 15.5. The van der Waals surface area contributed by atoms with Crippen LogP contribution in [0.15, 0.2) is 70.5 Å². The van der Waals surface area contributed by atoms with Crippen molar-refractivity contribution in [3.05, 3.63) is 90.6 Å². The van der Waals surface area contributed by atoms with E-state index in [1.54, 1.807) is 34.8 Å². The summed E-state index contributed by atoms with van der Waals surface area (Å²) in [7, 11) is 0. The van der Waals surface area contributed by atoms with Crippen LogP contribution in [0.3, 0.4) is 0 Å². The molecule has 5 nitrogen and oxygen atoms in total. The van der Waals surface area contributed by atoms with E-state index in [2.05, 4.69) is 15.8 Å². The summed E-state index contributed by atoms with van der Waals surface area (Å²) in [6.45, 7) is 2.31. The first-order valence-corrected chi connectivity index (χ1v) is 12.5. The molecule has 2 N–H and O–H groups in total. The third-order valence-corrected chi connectivity index (χ3v) is 7.72. The third-order valence-electron chi connectivity index (χ3n) is 4.53. The van der Waals surface area contributed by atoms with E-state index in [1.165, 1.54) is 0 Å². The van der Waals surface area contributed by atoms with Gasteiger partial charge in [-0.2, -0.15) is 5.10 Å². The molecule has 0 saturated heterocycles. The van der Waals surface area contributed by atoms with Gasteiger partial charge < -0.3 is 5.32 Å². The van der Waals surface area contributed by atoms with Gasteiger partial charge in [-0.3, -0.25) is 9.59 Å². The van der Waals surface area contributed by atoms with E-state index in [9.17, 15) is 9.59 Å². The molecule has 0 spiro atoms. The van der Waals surface area contributed by atoms with Crippen LogP contribution in [0.5, 0.6) is 0 Å². The molecule has 2 amide bonds. The van der Waals surface area contributed by atoms with Gasteiger partial charge in [0.15, 0.2) is 0 Å². The van der Waals surface area contributed by atoms with Gasteiger partial charge in [0.2, 0.25) is 0 Å². The van der Waals surface area contributed by atoms with Gasteiger partial charge in [0.25, 0.3) is 11.8 Å². The van der Waals surface area contributed by atoms with E-state index in [0.717, 1.165) is 32.2 Å². The van der Waals surface area contributed by atoms with Crippen molar-refractivity contribution in [2.45, 2.75) is 13.5 Å². The van der Waals surface area contributed by atoms with E-state index in [0.29, 0.717) is 27.0 Å². The summed E-state index contributed by atoms with van der Waals surface area (Å²) < 4.78 is 0. The van der Waals surface area contributed by atoms with Gasteiger partial charge in [-0.05, 0) is 54.3 Å². The molecule has 0 saturated carbocycles. The number of carbonyl (C=O) groups is 2. The van der Waals surface area contributed by atoms with Crippen LogP contribution >= 0.6 is 45.6 Å². The molecule has 0 fully saturated rings. The number of hydrogen-bond donors (Lipinski definition) is 2. The summed E-state index contributed by atoms with van der Waals surface area (Å²) in [6, 6.07) is 16.9. The second-order valence-electron chi connectivity index (χ2n) is 6.77. The molecule has 0 atom stereocenters. The Kier molecular flexibility index (Phi) is 7.16. The Balaban J connectivity index is 1.36. The molecule has 1 aromatic carbocycles. The molecule has 32 heavy (non-hydrogen) atoms. The molecule has 0 radical (unpaired) electrons. The maximum Gasteiger partial charge on any atom is 0.281 e. The van der Waals surface area contributed by atoms with Crippen molar-refractivity contribution in [3.63, 3.8) is 0 Å². The lowest BCUT2D eigenvalue weighted by molar-refractivity contribution is 0.0950. The van der Waals surface area contributed by atoms with E-state index < -0.39 is 0 Å². The maximum absolute atomic E-state index is 12.5. The number of benzene rings is 1. The minimum absolute atomic E-state index is 0.199. The summed E-state index contributed by atoms with van der Waals surface area (Å²) in [5.41, 5.74) is 5.28. The Morgan fingerprint density at radius 2 is 1.75 bits per heavy atom. The molecule has 162 valence electrons. The highest BCUT2D eigenvalue weighted by molar-refractivity contribution is 7.16. The Morgan fingerprint density at radius 3 is 2.47 bits per heavy atom. The summed E-state index contributed by atoms with van der Waals surface area (Å²) in [6.07, 6.45) is 0. The number of amides is 2. The zero-order chi connectivity index (χ0) is 22.5. The van der Waals surface area contributed by atoms with Crippen LogP contribution in [0, 0.1) is 0 Å². The van der Waals surface area contributed by atoms with Crippen molar-refractivity contribution in [2.24, 2.45) is 5.10 Å². The molecular weight excluding hydrogens is 482 g/mol. The summed E-state index contributed by atoms with van der Waals surface area (Å²) in [5, 5.41) is 11.7. The lowest BCUT2D eigenvalue weighted by atomic mass is 10.1. The third kappa shape index (κ3) is 5.52. The monoisotopic (exact) mass is 499 g/mol. The lowest BCUT2D eigenvalue weighted by Crippen LogP contribution is -2.21. The molecule has 4 rings (SSSR count).